The number of hydrogen-bond acceptors (Lipinski definition) is 0. The number of hydrogen-bond donors (Lipinski definition) is 0. The van der Waals surface area contributed by atoms with Crippen LogP contribution in [0, 0.1) is 51.2 Å². The first-order chi connectivity index (χ1) is 29.5. The van der Waals surface area contributed by atoms with E-state index in [0.29, 0.717) is 21.7 Å². The van der Waals surface area contributed by atoms with Crippen molar-refractivity contribution in [3.05, 3.63) is 0 Å². The molecule has 0 aromatic rings. The minimum Gasteiger partial charge on any atom is -0.200 e. The fourth-order valence-electron chi connectivity index (χ4n) is 1.67. The van der Waals surface area contributed by atoms with Crippen LogP contribution in [0.3, 0.4) is 0 Å². The maximum absolute atomic E-state index is 11.5. The lowest BCUT2D eigenvalue weighted by Crippen LogP contribution is -2.33. The molecule has 0 atom stereocenters. The Morgan fingerprint density at radius 3 is 0.545 bits per heavy atom. The smallest absolute Gasteiger partial charge is 0.200 e. The molecule has 0 saturated heterocycles. The standard InChI is InChI=1S/C7H16.C6H12.3C6H14.3C5H12.C4H6F4.C4H10.4C2H6/c1-5-7(3,4)6-2;1-6-4-2-3-5-6;2*1-5-6(2,3)4;1-4-6(3)5-2;1-5(2,3)4;2*1-4-5(2)3;1-3(5,6)4(2,7)8;1-4(2)3;4*1-2/h5-6H2,1-4H3;6H,2-5H2,1H3;2*5H2,1-4H3;6H,4-5H2,1-3H3;1-4H3;2*5H,4H2,1-3H3;1-2H3;4H,1-3H3;4*1-2H3. The first-order valence-corrected chi connectivity index (χ1v) is 28.2. The van der Waals surface area contributed by atoms with E-state index in [1.54, 1.807) is 0 Å². The maximum Gasteiger partial charge on any atom is 0.307 e. The third-order valence-electron chi connectivity index (χ3n) is 9.48. The second-order valence-electron chi connectivity index (χ2n) is 23.1. The van der Waals surface area contributed by atoms with E-state index in [0.717, 1.165) is 29.6 Å². The van der Waals surface area contributed by atoms with Crippen molar-refractivity contribution < 1.29 is 17.6 Å². The first kappa shape index (κ1) is 99.0. The molecule has 4 heteroatoms. The van der Waals surface area contributed by atoms with Gasteiger partial charge in [-0.2, -0.15) is 0 Å². The molecule has 0 nitrogen and oxygen atoms in total. The van der Waals surface area contributed by atoms with Gasteiger partial charge in [0, 0.05) is 13.8 Å². The van der Waals surface area contributed by atoms with Gasteiger partial charge < -0.3 is 0 Å². The molecule has 1 fully saturated rings. The Morgan fingerprint density at radius 2 is 0.530 bits per heavy atom. The van der Waals surface area contributed by atoms with Crippen molar-refractivity contribution in [1.29, 1.82) is 0 Å². The molecule has 0 N–H and O–H groups in total. The SMILES string of the molecule is CC.CC.CC.CC.CC(C)(C)C.CC(C)C.CC(F)(F)C(C)(F)F.CC1CCCC1.CCC(C)(C)C.CCC(C)(C)C.CCC(C)(C)CC.CCC(C)C.CCC(C)C.CCC(C)CC. The van der Waals surface area contributed by atoms with Crippen LogP contribution < -0.4 is 0 Å². The van der Waals surface area contributed by atoms with Gasteiger partial charge in [-0.15, -0.1) is 0 Å². The highest BCUT2D eigenvalue weighted by Crippen LogP contribution is 2.32. The van der Waals surface area contributed by atoms with E-state index in [1.165, 1.54) is 77.0 Å². The first-order valence-electron chi connectivity index (χ1n) is 28.2. The minimum absolute atomic E-state index is 0.188. The highest BCUT2D eigenvalue weighted by Gasteiger charge is 2.47. The molecule has 0 radical (unpaired) electrons. The molecule has 0 aliphatic heterocycles. The lowest BCUT2D eigenvalue weighted by atomic mass is 9.88. The molecule has 0 bridgehead atoms. The topological polar surface area (TPSA) is 0 Å². The fraction of sp³-hybridized carbons (Fsp3) is 1.00. The zero-order chi connectivity index (χ0) is 57.4. The van der Waals surface area contributed by atoms with E-state index >= 15 is 0 Å². The Morgan fingerprint density at radius 1 is 0.379 bits per heavy atom. The summed E-state index contributed by atoms with van der Waals surface area (Å²) in [6.45, 7) is 80.9. The van der Waals surface area contributed by atoms with E-state index in [1.807, 2.05) is 55.4 Å². The monoisotopic (exact) mass is 967 g/mol. The van der Waals surface area contributed by atoms with Crippen molar-refractivity contribution in [3.63, 3.8) is 0 Å². The van der Waals surface area contributed by atoms with Gasteiger partial charge in [-0.1, -0.05) is 333 Å². The fourth-order valence-corrected chi connectivity index (χ4v) is 1.67. The quantitative estimate of drug-likeness (QED) is 0.223. The Hall–Kier alpha value is -0.280. The van der Waals surface area contributed by atoms with E-state index in [9.17, 15) is 17.6 Å². The Bertz CT molecular complexity index is 659. The molecule has 0 aromatic carbocycles. The molecular formula is C62H146F4. The van der Waals surface area contributed by atoms with Gasteiger partial charge in [-0.3, -0.25) is 0 Å². The van der Waals surface area contributed by atoms with Crippen LogP contribution in [0.25, 0.3) is 0 Å². The lowest BCUT2D eigenvalue weighted by molar-refractivity contribution is -0.185. The third-order valence-corrected chi connectivity index (χ3v) is 9.48. The van der Waals surface area contributed by atoms with Crippen LogP contribution in [-0.2, 0) is 0 Å². The van der Waals surface area contributed by atoms with E-state index in [4.69, 9.17) is 0 Å². The van der Waals surface area contributed by atoms with Crippen molar-refractivity contribution in [2.24, 2.45) is 51.2 Å². The molecule has 66 heavy (non-hydrogen) atoms. The van der Waals surface area contributed by atoms with Gasteiger partial charge in [0.15, 0.2) is 0 Å². The summed E-state index contributed by atoms with van der Waals surface area (Å²) in [7, 11) is 0. The summed E-state index contributed by atoms with van der Waals surface area (Å²) in [5.74, 6) is -3.21. The summed E-state index contributed by atoms with van der Waals surface area (Å²) in [5, 5.41) is 0. The predicted octanol–water partition coefficient (Wildman–Crippen LogP) is 26.6. The van der Waals surface area contributed by atoms with Gasteiger partial charge in [0.2, 0.25) is 0 Å². The Kier molecular flexibility index (Phi) is 100. The molecule has 0 spiro atoms. The molecule has 0 heterocycles. The summed E-state index contributed by atoms with van der Waals surface area (Å²) in [4.78, 5) is 0. The Balaban J connectivity index is -0.0000000424. The van der Waals surface area contributed by atoms with E-state index in [2.05, 4.69) is 201 Å². The molecule has 1 saturated carbocycles. The van der Waals surface area contributed by atoms with Gasteiger partial charge in [0.05, 0.1) is 0 Å². The van der Waals surface area contributed by atoms with E-state index in [-0.39, 0.29) is 13.8 Å². The third kappa shape index (κ3) is 196. The van der Waals surface area contributed by atoms with Gasteiger partial charge in [-0.05, 0) is 51.2 Å². The molecule has 0 amide bonds. The van der Waals surface area contributed by atoms with Gasteiger partial charge in [-0.25, -0.2) is 17.6 Å². The van der Waals surface area contributed by atoms with Crippen LogP contribution in [0.4, 0.5) is 17.6 Å². The zero-order valence-electron chi connectivity index (χ0n) is 54.9. The van der Waals surface area contributed by atoms with Crippen molar-refractivity contribution in [2.75, 3.05) is 0 Å². The van der Waals surface area contributed by atoms with Gasteiger partial charge in [0.1, 0.15) is 0 Å². The average molecular weight is 968 g/mol. The molecule has 1 aliphatic rings. The number of halogens is 4. The summed E-state index contributed by atoms with van der Waals surface area (Å²) in [6.07, 6.45) is 16.3. The predicted molar refractivity (Wildman–Crippen MR) is 314 cm³/mol. The van der Waals surface area contributed by atoms with Crippen LogP contribution in [0.1, 0.15) is 347 Å². The number of rotatable bonds is 7. The largest absolute Gasteiger partial charge is 0.307 e. The molecular weight excluding hydrogens is 821 g/mol. The summed E-state index contributed by atoms with van der Waals surface area (Å²) >= 11 is 0. The highest BCUT2D eigenvalue weighted by atomic mass is 19.3. The summed E-state index contributed by atoms with van der Waals surface area (Å²) in [5.41, 5.74) is 2.17. The second-order valence-corrected chi connectivity index (χ2v) is 23.1. The van der Waals surface area contributed by atoms with Crippen LogP contribution in [-0.4, -0.2) is 11.8 Å². The molecule has 0 aromatic heterocycles. The van der Waals surface area contributed by atoms with Crippen molar-refractivity contribution in [1.82, 2.24) is 0 Å². The lowest BCUT2D eigenvalue weighted by Gasteiger charge is -2.18. The molecule has 422 valence electrons. The Labute approximate surface area is 426 Å². The van der Waals surface area contributed by atoms with Crippen LogP contribution in [0.5, 0.6) is 0 Å². The van der Waals surface area contributed by atoms with Gasteiger partial charge >= 0.3 is 11.8 Å². The average Bonchev–Trinajstić information content (AvgIpc) is 3.70. The maximum atomic E-state index is 11.5. The normalized spacial score (nSPS) is 11.7. The molecule has 1 aliphatic carbocycles. The minimum atomic E-state index is -3.90. The van der Waals surface area contributed by atoms with Crippen molar-refractivity contribution >= 4 is 0 Å². The number of alkyl halides is 4. The van der Waals surface area contributed by atoms with Crippen LogP contribution in [0.2, 0.25) is 0 Å². The summed E-state index contributed by atoms with van der Waals surface area (Å²) in [6, 6.07) is 0. The molecule has 0 unspecified atom stereocenters. The van der Waals surface area contributed by atoms with Crippen molar-refractivity contribution in [3.8, 4) is 0 Å². The van der Waals surface area contributed by atoms with Gasteiger partial charge in [0.25, 0.3) is 0 Å². The van der Waals surface area contributed by atoms with E-state index < -0.39 is 11.8 Å². The second kappa shape index (κ2) is 66.8. The highest BCUT2D eigenvalue weighted by molar-refractivity contribution is 4.74. The summed E-state index contributed by atoms with van der Waals surface area (Å²) < 4.78 is 45.9. The van der Waals surface area contributed by atoms with Crippen LogP contribution in [0.15, 0.2) is 0 Å². The van der Waals surface area contributed by atoms with Crippen LogP contribution >= 0.6 is 0 Å². The zero-order valence-corrected chi connectivity index (χ0v) is 54.9. The molecule has 1 rings (SSSR count). The van der Waals surface area contributed by atoms with Crippen molar-refractivity contribution in [2.45, 2.75) is 359 Å².